The van der Waals surface area contributed by atoms with Crippen LogP contribution in [0, 0.1) is 0 Å². The van der Waals surface area contributed by atoms with Gasteiger partial charge in [-0.1, -0.05) is 20.8 Å². The van der Waals surface area contributed by atoms with Gasteiger partial charge < -0.3 is 5.73 Å². The molecule has 2 rings (SSSR count). The van der Waals surface area contributed by atoms with Crippen molar-refractivity contribution in [2.75, 3.05) is 5.73 Å². The molecule has 2 aromatic rings. The lowest BCUT2D eigenvalue weighted by atomic mass is 9.96. The van der Waals surface area contributed by atoms with Gasteiger partial charge in [-0.15, -0.1) is 0 Å². The fraction of sp³-hybridized carbons (Fsp3) is 0.417. The minimum atomic E-state index is -0.0716. The molecule has 0 radical (unpaired) electrons. The summed E-state index contributed by atoms with van der Waals surface area (Å²) in [4.78, 5) is 8.53. The first-order chi connectivity index (χ1) is 7.89. The molecule has 2 N–H and O–H groups in total. The molecular formula is C12H17N5. The second-order valence-electron chi connectivity index (χ2n) is 5.10. The van der Waals surface area contributed by atoms with Crippen LogP contribution in [0.5, 0.6) is 0 Å². The van der Waals surface area contributed by atoms with Crippen molar-refractivity contribution in [2.45, 2.75) is 26.2 Å². The van der Waals surface area contributed by atoms with Crippen molar-refractivity contribution in [3.8, 4) is 11.4 Å². The Morgan fingerprint density at radius 2 is 2.00 bits per heavy atom. The molecule has 0 amide bonds. The van der Waals surface area contributed by atoms with Crippen LogP contribution in [-0.4, -0.2) is 19.7 Å². The Labute approximate surface area is 101 Å². The van der Waals surface area contributed by atoms with Gasteiger partial charge in [-0.2, -0.15) is 5.10 Å². The Bertz CT molecular complexity index is 536. The SMILES string of the molecule is Cn1nc(C(C)(C)C)nc1-c1ccncc1N. The number of nitrogens with zero attached hydrogens (tertiary/aromatic N) is 4. The third-order valence-corrected chi connectivity index (χ3v) is 2.53. The summed E-state index contributed by atoms with van der Waals surface area (Å²) < 4.78 is 1.76. The van der Waals surface area contributed by atoms with Gasteiger partial charge in [-0.3, -0.25) is 4.98 Å². The Morgan fingerprint density at radius 3 is 2.53 bits per heavy atom. The summed E-state index contributed by atoms with van der Waals surface area (Å²) in [5.41, 5.74) is 7.31. The minimum Gasteiger partial charge on any atom is -0.397 e. The van der Waals surface area contributed by atoms with Gasteiger partial charge in [0.2, 0.25) is 0 Å². The first kappa shape index (κ1) is 11.6. The monoisotopic (exact) mass is 231 g/mol. The number of hydrogen-bond donors (Lipinski definition) is 1. The van der Waals surface area contributed by atoms with Crippen LogP contribution < -0.4 is 5.73 Å². The molecule has 0 unspecified atom stereocenters. The zero-order valence-electron chi connectivity index (χ0n) is 10.6. The Hall–Kier alpha value is -1.91. The highest BCUT2D eigenvalue weighted by molar-refractivity contribution is 5.70. The van der Waals surface area contributed by atoms with E-state index in [4.69, 9.17) is 5.73 Å². The van der Waals surface area contributed by atoms with Gasteiger partial charge in [0.05, 0.1) is 11.9 Å². The van der Waals surface area contributed by atoms with Gasteiger partial charge >= 0.3 is 0 Å². The fourth-order valence-electron chi connectivity index (χ4n) is 1.55. The first-order valence-electron chi connectivity index (χ1n) is 5.51. The maximum atomic E-state index is 5.90. The van der Waals surface area contributed by atoms with E-state index in [0.717, 1.165) is 17.2 Å². The summed E-state index contributed by atoms with van der Waals surface area (Å²) in [5, 5.41) is 4.43. The van der Waals surface area contributed by atoms with E-state index in [1.54, 1.807) is 17.1 Å². The predicted octanol–water partition coefficient (Wildman–Crippen LogP) is 1.76. The molecule has 0 atom stereocenters. The van der Waals surface area contributed by atoms with Crippen LogP contribution in [0.1, 0.15) is 26.6 Å². The van der Waals surface area contributed by atoms with E-state index in [1.165, 1.54) is 0 Å². The number of rotatable bonds is 1. The van der Waals surface area contributed by atoms with E-state index >= 15 is 0 Å². The maximum absolute atomic E-state index is 5.90. The van der Waals surface area contributed by atoms with Crippen molar-refractivity contribution < 1.29 is 0 Å². The van der Waals surface area contributed by atoms with E-state index in [9.17, 15) is 0 Å². The lowest BCUT2D eigenvalue weighted by Crippen LogP contribution is -2.13. The molecule has 0 spiro atoms. The van der Waals surface area contributed by atoms with Gasteiger partial charge in [0, 0.05) is 24.2 Å². The summed E-state index contributed by atoms with van der Waals surface area (Å²) in [6.07, 6.45) is 3.33. The molecule has 0 aliphatic heterocycles. The number of pyridine rings is 1. The van der Waals surface area contributed by atoms with E-state index < -0.39 is 0 Å². The highest BCUT2D eigenvalue weighted by atomic mass is 15.3. The van der Waals surface area contributed by atoms with Crippen molar-refractivity contribution in [1.82, 2.24) is 19.7 Å². The summed E-state index contributed by atoms with van der Waals surface area (Å²) in [7, 11) is 1.87. The lowest BCUT2D eigenvalue weighted by Gasteiger charge is -2.12. The summed E-state index contributed by atoms with van der Waals surface area (Å²) >= 11 is 0. The zero-order valence-corrected chi connectivity index (χ0v) is 10.6. The molecule has 2 heterocycles. The molecule has 0 aromatic carbocycles. The van der Waals surface area contributed by atoms with Crippen LogP contribution in [0.25, 0.3) is 11.4 Å². The first-order valence-corrected chi connectivity index (χ1v) is 5.51. The van der Waals surface area contributed by atoms with Crippen molar-refractivity contribution in [3.63, 3.8) is 0 Å². The third kappa shape index (κ3) is 2.13. The minimum absolute atomic E-state index is 0.0716. The molecule has 0 saturated heterocycles. The molecule has 0 aliphatic rings. The van der Waals surface area contributed by atoms with Crippen molar-refractivity contribution in [1.29, 1.82) is 0 Å². The topological polar surface area (TPSA) is 69.6 Å². The average Bonchev–Trinajstić information content (AvgIpc) is 2.61. The molecule has 0 fully saturated rings. The molecule has 90 valence electrons. The summed E-state index contributed by atoms with van der Waals surface area (Å²) in [5.74, 6) is 1.58. The Kier molecular flexibility index (Phi) is 2.61. The zero-order chi connectivity index (χ0) is 12.6. The predicted molar refractivity (Wildman–Crippen MR) is 67.3 cm³/mol. The summed E-state index contributed by atoms with van der Waals surface area (Å²) in [6.45, 7) is 6.26. The van der Waals surface area contributed by atoms with Gasteiger partial charge in [-0.25, -0.2) is 9.67 Å². The van der Waals surface area contributed by atoms with Crippen molar-refractivity contribution >= 4 is 5.69 Å². The van der Waals surface area contributed by atoms with Crippen LogP contribution in [-0.2, 0) is 12.5 Å². The van der Waals surface area contributed by atoms with E-state index in [1.807, 2.05) is 13.1 Å². The largest absolute Gasteiger partial charge is 0.397 e. The van der Waals surface area contributed by atoms with E-state index in [0.29, 0.717) is 5.69 Å². The third-order valence-electron chi connectivity index (χ3n) is 2.53. The molecule has 5 nitrogen and oxygen atoms in total. The lowest BCUT2D eigenvalue weighted by molar-refractivity contribution is 0.538. The van der Waals surface area contributed by atoms with Gasteiger partial charge in [0.15, 0.2) is 11.6 Å². The number of nitrogen functional groups attached to an aromatic ring is 1. The molecule has 17 heavy (non-hydrogen) atoms. The normalized spacial score (nSPS) is 11.8. The van der Waals surface area contributed by atoms with Crippen LogP contribution in [0.15, 0.2) is 18.5 Å². The van der Waals surface area contributed by atoms with Crippen molar-refractivity contribution in [3.05, 3.63) is 24.3 Å². The standard InChI is InChI=1S/C12H17N5/c1-12(2,3)11-15-10(17(4)16-11)8-5-6-14-7-9(8)13/h5-7H,13H2,1-4H3. The summed E-state index contributed by atoms with van der Waals surface area (Å²) in [6, 6.07) is 1.85. The second-order valence-corrected chi connectivity index (χ2v) is 5.10. The quantitative estimate of drug-likeness (QED) is 0.811. The molecular weight excluding hydrogens is 214 g/mol. The number of nitrogens with two attached hydrogens (primary N) is 1. The Balaban J connectivity index is 2.55. The van der Waals surface area contributed by atoms with E-state index in [2.05, 4.69) is 35.8 Å². The van der Waals surface area contributed by atoms with Gasteiger partial charge in [-0.05, 0) is 6.07 Å². The van der Waals surface area contributed by atoms with Crippen LogP contribution in [0.4, 0.5) is 5.69 Å². The molecule has 0 saturated carbocycles. The van der Waals surface area contributed by atoms with Crippen LogP contribution >= 0.6 is 0 Å². The van der Waals surface area contributed by atoms with E-state index in [-0.39, 0.29) is 5.41 Å². The van der Waals surface area contributed by atoms with Crippen molar-refractivity contribution in [2.24, 2.45) is 7.05 Å². The second kappa shape index (κ2) is 3.84. The van der Waals surface area contributed by atoms with Gasteiger partial charge in [0.1, 0.15) is 0 Å². The number of aryl methyl sites for hydroxylation is 1. The number of aromatic nitrogens is 4. The molecule has 5 heteroatoms. The molecule has 0 bridgehead atoms. The molecule has 0 aliphatic carbocycles. The van der Waals surface area contributed by atoms with Crippen LogP contribution in [0.3, 0.4) is 0 Å². The Morgan fingerprint density at radius 1 is 1.29 bits per heavy atom. The highest BCUT2D eigenvalue weighted by Crippen LogP contribution is 2.26. The van der Waals surface area contributed by atoms with Crippen LogP contribution in [0.2, 0.25) is 0 Å². The average molecular weight is 231 g/mol. The fourth-order valence-corrected chi connectivity index (χ4v) is 1.55. The number of anilines is 1. The number of hydrogen-bond acceptors (Lipinski definition) is 4. The smallest absolute Gasteiger partial charge is 0.160 e. The molecule has 2 aromatic heterocycles. The maximum Gasteiger partial charge on any atom is 0.160 e. The van der Waals surface area contributed by atoms with Gasteiger partial charge in [0.25, 0.3) is 0 Å². The highest BCUT2D eigenvalue weighted by Gasteiger charge is 2.21.